The highest BCUT2D eigenvalue weighted by Gasteiger charge is 2.15. The minimum Gasteiger partial charge on any atom is -0.392 e. The summed E-state index contributed by atoms with van der Waals surface area (Å²) in [6.45, 7) is 4.89. The van der Waals surface area contributed by atoms with E-state index < -0.39 is 0 Å². The highest BCUT2D eigenvalue weighted by Crippen LogP contribution is 2.25. The second kappa shape index (κ2) is 5.62. The Morgan fingerprint density at radius 2 is 2.44 bits per heavy atom. The number of aliphatic hydroxyl groups excluding tert-OH is 1. The first kappa shape index (κ1) is 11.8. The number of hydrogen-bond donors (Lipinski definition) is 1. The smallest absolute Gasteiger partial charge is 0.0664 e. The summed E-state index contributed by atoms with van der Waals surface area (Å²) in [5.41, 5.74) is 1.47. The van der Waals surface area contributed by atoms with Crippen molar-refractivity contribution >= 4 is 16.9 Å². The van der Waals surface area contributed by atoms with Crippen LogP contribution >= 0.6 is 11.3 Å². The summed E-state index contributed by atoms with van der Waals surface area (Å²) in [7, 11) is 0. The molecule has 3 heteroatoms. The van der Waals surface area contributed by atoms with Gasteiger partial charge in [0.05, 0.1) is 6.10 Å². The highest BCUT2D eigenvalue weighted by atomic mass is 32.1. The van der Waals surface area contributed by atoms with Crippen LogP contribution in [-0.2, 0) is 0 Å². The Morgan fingerprint density at radius 3 is 3.00 bits per heavy atom. The number of rotatable bonds is 4. The van der Waals surface area contributed by atoms with Crippen molar-refractivity contribution in [3.8, 4) is 0 Å². The third-order valence-electron chi connectivity index (χ3n) is 3.07. The molecular formula is C13H19NOS. The second-order valence-corrected chi connectivity index (χ2v) is 5.23. The average molecular weight is 237 g/mol. The van der Waals surface area contributed by atoms with Crippen LogP contribution in [0.25, 0.3) is 5.57 Å². The minimum atomic E-state index is -0.170. The molecule has 0 fully saturated rings. The fourth-order valence-corrected chi connectivity index (χ4v) is 2.79. The Balaban J connectivity index is 1.90. The molecule has 1 atom stereocenters. The Kier molecular flexibility index (Phi) is 4.16. The first-order valence-corrected chi connectivity index (χ1v) is 6.81. The van der Waals surface area contributed by atoms with Crippen molar-refractivity contribution in [3.05, 3.63) is 28.5 Å². The first-order valence-electron chi connectivity index (χ1n) is 5.93. The third-order valence-corrected chi connectivity index (χ3v) is 4.02. The number of hydrogen-bond acceptors (Lipinski definition) is 3. The van der Waals surface area contributed by atoms with Gasteiger partial charge in [-0.2, -0.15) is 0 Å². The monoisotopic (exact) mass is 237 g/mol. The molecule has 16 heavy (non-hydrogen) atoms. The van der Waals surface area contributed by atoms with E-state index in [0.29, 0.717) is 0 Å². The molecule has 2 heterocycles. The van der Waals surface area contributed by atoms with E-state index in [1.165, 1.54) is 10.5 Å². The van der Waals surface area contributed by atoms with Gasteiger partial charge in [-0.3, -0.25) is 4.90 Å². The van der Waals surface area contributed by atoms with Gasteiger partial charge in [-0.15, -0.1) is 11.3 Å². The molecule has 1 aliphatic rings. The van der Waals surface area contributed by atoms with E-state index in [4.69, 9.17) is 0 Å². The van der Waals surface area contributed by atoms with Gasteiger partial charge in [0, 0.05) is 24.5 Å². The molecule has 1 aromatic heterocycles. The lowest BCUT2D eigenvalue weighted by Crippen LogP contribution is -2.35. The standard InChI is InChI=1S/C13H19NOS/c1-2-12(15)10-14-7-5-11(6-8-14)13-4-3-9-16-13/h3-5,9,12,15H,2,6-8,10H2,1H3. The molecule has 0 aromatic carbocycles. The Bertz CT molecular complexity index is 345. The van der Waals surface area contributed by atoms with Crippen LogP contribution in [0.5, 0.6) is 0 Å². The Labute approximate surface area is 101 Å². The Morgan fingerprint density at radius 1 is 1.56 bits per heavy atom. The molecule has 2 nitrogen and oxygen atoms in total. The lowest BCUT2D eigenvalue weighted by Gasteiger charge is -2.27. The van der Waals surface area contributed by atoms with Crippen LogP contribution in [0.15, 0.2) is 23.6 Å². The SMILES string of the molecule is CCC(O)CN1CC=C(c2cccs2)CC1. The molecule has 0 bridgehead atoms. The van der Waals surface area contributed by atoms with Gasteiger partial charge in [0.1, 0.15) is 0 Å². The minimum absolute atomic E-state index is 0.170. The third kappa shape index (κ3) is 2.94. The van der Waals surface area contributed by atoms with Gasteiger partial charge in [-0.05, 0) is 29.9 Å². The summed E-state index contributed by atoms with van der Waals surface area (Å²) in [4.78, 5) is 3.72. The number of aliphatic hydroxyl groups is 1. The van der Waals surface area contributed by atoms with Gasteiger partial charge < -0.3 is 5.11 Å². The summed E-state index contributed by atoms with van der Waals surface area (Å²) in [5, 5.41) is 11.7. The summed E-state index contributed by atoms with van der Waals surface area (Å²) in [6, 6.07) is 4.29. The van der Waals surface area contributed by atoms with Gasteiger partial charge in [0.15, 0.2) is 0 Å². The maximum absolute atomic E-state index is 9.60. The van der Waals surface area contributed by atoms with Gasteiger partial charge >= 0.3 is 0 Å². The number of β-amino-alcohol motifs (C(OH)–C–C–N with tert-alkyl or cyclic N) is 1. The average Bonchev–Trinajstić information content (AvgIpc) is 2.83. The van der Waals surface area contributed by atoms with Crippen molar-refractivity contribution in [3.63, 3.8) is 0 Å². The summed E-state index contributed by atoms with van der Waals surface area (Å²) in [5.74, 6) is 0. The fourth-order valence-electron chi connectivity index (χ4n) is 1.99. The number of thiophene rings is 1. The summed E-state index contributed by atoms with van der Waals surface area (Å²) in [6.07, 6.45) is 4.09. The second-order valence-electron chi connectivity index (χ2n) is 4.28. The molecule has 0 saturated heterocycles. The van der Waals surface area contributed by atoms with Crippen molar-refractivity contribution in [2.45, 2.75) is 25.9 Å². The lowest BCUT2D eigenvalue weighted by atomic mass is 10.1. The molecule has 0 spiro atoms. The van der Waals surface area contributed by atoms with Gasteiger partial charge in [-0.25, -0.2) is 0 Å². The van der Waals surface area contributed by atoms with Crippen molar-refractivity contribution in [2.24, 2.45) is 0 Å². The van der Waals surface area contributed by atoms with E-state index in [0.717, 1.165) is 32.5 Å². The molecule has 88 valence electrons. The lowest BCUT2D eigenvalue weighted by molar-refractivity contribution is 0.115. The molecule has 1 N–H and O–H groups in total. The predicted molar refractivity (Wildman–Crippen MR) is 69.7 cm³/mol. The molecule has 2 rings (SSSR count). The van der Waals surface area contributed by atoms with Crippen LogP contribution in [0.2, 0.25) is 0 Å². The maximum Gasteiger partial charge on any atom is 0.0664 e. The van der Waals surface area contributed by atoms with Crippen molar-refractivity contribution < 1.29 is 5.11 Å². The maximum atomic E-state index is 9.60. The number of nitrogens with zero attached hydrogens (tertiary/aromatic N) is 1. The van der Waals surface area contributed by atoms with Gasteiger partial charge in [0.2, 0.25) is 0 Å². The van der Waals surface area contributed by atoms with E-state index in [1.54, 1.807) is 0 Å². The van der Waals surface area contributed by atoms with Crippen LogP contribution in [-0.4, -0.2) is 35.7 Å². The van der Waals surface area contributed by atoms with Crippen LogP contribution in [0.3, 0.4) is 0 Å². The molecule has 1 aromatic rings. The van der Waals surface area contributed by atoms with Crippen molar-refractivity contribution in [1.82, 2.24) is 4.90 Å². The van der Waals surface area contributed by atoms with Crippen LogP contribution in [0.1, 0.15) is 24.6 Å². The van der Waals surface area contributed by atoms with E-state index in [1.807, 2.05) is 18.3 Å². The molecule has 0 aliphatic carbocycles. The quantitative estimate of drug-likeness (QED) is 0.870. The summed E-state index contributed by atoms with van der Waals surface area (Å²) < 4.78 is 0. The molecule has 0 saturated carbocycles. The summed E-state index contributed by atoms with van der Waals surface area (Å²) >= 11 is 1.81. The zero-order valence-electron chi connectivity index (χ0n) is 9.72. The zero-order valence-corrected chi connectivity index (χ0v) is 10.5. The zero-order chi connectivity index (χ0) is 11.4. The van der Waals surface area contributed by atoms with Gasteiger partial charge in [-0.1, -0.05) is 19.1 Å². The molecule has 1 unspecified atom stereocenters. The highest BCUT2D eigenvalue weighted by molar-refractivity contribution is 7.11. The first-order chi connectivity index (χ1) is 7.79. The van der Waals surface area contributed by atoms with E-state index in [2.05, 4.69) is 28.5 Å². The predicted octanol–water partition coefficient (Wildman–Crippen LogP) is 2.61. The fraction of sp³-hybridized carbons (Fsp3) is 0.538. The molecule has 0 amide bonds. The normalized spacial score (nSPS) is 19.5. The van der Waals surface area contributed by atoms with Crippen molar-refractivity contribution in [1.29, 1.82) is 0 Å². The van der Waals surface area contributed by atoms with Crippen LogP contribution < -0.4 is 0 Å². The van der Waals surface area contributed by atoms with Crippen molar-refractivity contribution in [2.75, 3.05) is 19.6 Å². The topological polar surface area (TPSA) is 23.5 Å². The van der Waals surface area contributed by atoms with E-state index in [-0.39, 0.29) is 6.10 Å². The Hall–Kier alpha value is -0.640. The van der Waals surface area contributed by atoms with E-state index >= 15 is 0 Å². The molecular weight excluding hydrogens is 218 g/mol. The van der Waals surface area contributed by atoms with Gasteiger partial charge in [0.25, 0.3) is 0 Å². The van der Waals surface area contributed by atoms with Crippen LogP contribution in [0.4, 0.5) is 0 Å². The van der Waals surface area contributed by atoms with Crippen LogP contribution in [0, 0.1) is 0 Å². The van der Waals surface area contributed by atoms with E-state index in [9.17, 15) is 5.11 Å². The largest absolute Gasteiger partial charge is 0.392 e. The molecule has 1 aliphatic heterocycles. The molecule has 0 radical (unpaired) electrons.